The number of pyridine rings is 1. The summed E-state index contributed by atoms with van der Waals surface area (Å²) >= 11 is 0. The highest BCUT2D eigenvalue weighted by Crippen LogP contribution is 2.39. The van der Waals surface area contributed by atoms with Crippen LogP contribution in [0.25, 0.3) is 11.1 Å². The summed E-state index contributed by atoms with van der Waals surface area (Å²) in [6, 6.07) is 9.59. The van der Waals surface area contributed by atoms with Gasteiger partial charge in [-0.25, -0.2) is 12.9 Å². The Morgan fingerprint density at radius 3 is 2.48 bits per heavy atom. The zero-order chi connectivity index (χ0) is 28.7. The Hall–Kier alpha value is -3.44. The predicted octanol–water partition coefficient (Wildman–Crippen LogP) is 5.58. The standard InChI is InChI=1S/C29H30F3N3O4S/c1-19-15-21(3-8-26(19)29(30,31)32)25-17-33-35-12-9-22(16-27(25)35)28(36)34(18-20-10-13-39-14-11-20)23-4-6-24(7-5-23)40(2,37)38/h3-9,12,15-17,19-20,26H,10-11,13-14,18H2,1-2H3. The third-order valence-corrected chi connectivity index (χ3v) is 8.68. The Morgan fingerprint density at radius 2 is 1.85 bits per heavy atom. The van der Waals surface area contributed by atoms with Crippen molar-refractivity contribution < 1.29 is 31.1 Å². The second-order valence-electron chi connectivity index (χ2n) is 10.4. The summed E-state index contributed by atoms with van der Waals surface area (Å²) in [7, 11) is -3.40. The van der Waals surface area contributed by atoms with E-state index in [-0.39, 0.29) is 16.7 Å². The first kappa shape index (κ1) is 28.1. The fourth-order valence-electron chi connectivity index (χ4n) is 5.27. The smallest absolute Gasteiger partial charge is 0.381 e. The first-order valence-electron chi connectivity index (χ1n) is 13.1. The van der Waals surface area contributed by atoms with Crippen molar-refractivity contribution in [3.63, 3.8) is 0 Å². The molecule has 0 spiro atoms. The second kappa shape index (κ2) is 10.9. The first-order chi connectivity index (χ1) is 18.9. The SMILES string of the molecule is CC1C=C(c2cnn3ccc(C(=O)N(CC4CCOCC4)c4ccc(S(C)(=O)=O)cc4)cc23)C=CC1C(F)(F)F. The van der Waals surface area contributed by atoms with Crippen LogP contribution >= 0.6 is 0 Å². The van der Waals surface area contributed by atoms with Crippen LogP contribution in [0.4, 0.5) is 18.9 Å². The molecule has 2 aromatic heterocycles. The minimum absolute atomic E-state index is 0.163. The number of benzene rings is 1. The van der Waals surface area contributed by atoms with Crippen LogP contribution in [0.5, 0.6) is 0 Å². The molecule has 1 saturated heterocycles. The molecule has 3 aromatic rings. The Bertz CT molecular complexity index is 1570. The summed E-state index contributed by atoms with van der Waals surface area (Å²) in [5.41, 5.74) is 2.80. The fourth-order valence-corrected chi connectivity index (χ4v) is 5.90. The van der Waals surface area contributed by atoms with Gasteiger partial charge < -0.3 is 9.64 Å². The molecule has 1 aliphatic heterocycles. The number of rotatable bonds is 6. The lowest BCUT2D eigenvalue weighted by Crippen LogP contribution is -2.37. The maximum Gasteiger partial charge on any atom is 0.395 e. The molecule has 1 fully saturated rings. The van der Waals surface area contributed by atoms with E-state index in [0.717, 1.165) is 19.1 Å². The quantitative estimate of drug-likeness (QED) is 0.385. The molecule has 0 radical (unpaired) electrons. The van der Waals surface area contributed by atoms with E-state index in [4.69, 9.17) is 4.74 Å². The molecule has 0 saturated carbocycles. The van der Waals surface area contributed by atoms with Crippen LogP contribution in [0.15, 0.2) is 71.9 Å². The van der Waals surface area contributed by atoms with Crippen LogP contribution in [0.3, 0.4) is 0 Å². The van der Waals surface area contributed by atoms with Gasteiger partial charge in [0.05, 0.1) is 22.5 Å². The lowest BCUT2D eigenvalue weighted by atomic mass is 9.85. The van der Waals surface area contributed by atoms with E-state index in [1.54, 1.807) is 52.2 Å². The lowest BCUT2D eigenvalue weighted by Gasteiger charge is -2.30. The lowest BCUT2D eigenvalue weighted by molar-refractivity contribution is -0.168. The molecule has 40 heavy (non-hydrogen) atoms. The third-order valence-electron chi connectivity index (χ3n) is 7.55. The Kier molecular flexibility index (Phi) is 7.62. The van der Waals surface area contributed by atoms with Crippen LogP contribution in [-0.4, -0.2) is 56.1 Å². The number of hydrogen-bond donors (Lipinski definition) is 0. The first-order valence-corrected chi connectivity index (χ1v) is 14.9. The third kappa shape index (κ3) is 5.85. The molecule has 1 aromatic carbocycles. The van der Waals surface area contributed by atoms with Crippen LogP contribution in [0.1, 0.15) is 35.7 Å². The normalized spacial score (nSPS) is 20.5. The second-order valence-corrected chi connectivity index (χ2v) is 12.5. The molecule has 11 heteroatoms. The molecule has 5 rings (SSSR count). The van der Waals surface area contributed by atoms with Crippen molar-refractivity contribution >= 4 is 32.5 Å². The van der Waals surface area contributed by atoms with Crippen LogP contribution in [0, 0.1) is 17.8 Å². The van der Waals surface area contributed by atoms with E-state index in [1.165, 1.54) is 31.2 Å². The Labute approximate surface area is 230 Å². The summed E-state index contributed by atoms with van der Waals surface area (Å²) < 4.78 is 71.0. The van der Waals surface area contributed by atoms with Gasteiger partial charge >= 0.3 is 6.18 Å². The van der Waals surface area contributed by atoms with Crippen molar-refractivity contribution in [2.45, 2.75) is 30.8 Å². The molecule has 1 aliphatic carbocycles. The van der Waals surface area contributed by atoms with Crippen molar-refractivity contribution in [1.29, 1.82) is 0 Å². The van der Waals surface area contributed by atoms with Crippen molar-refractivity contribution in [2.75, 3.05) is 30.9 Å². The van der Waals surface area contributed by atoms with E-state index >= 15 is 0 Å². The number of allylic oxidation sites excluding steroid dienone is 4. The topological polar surface area (TPSA) is 81.0 Å². The summed E-state index contributed by atoms with van der Waals surface area (Å²) in [5, 5.41) is 4.34. The molecule has 1 amide bonds. The van der Waals surface area contributed by atoms with E-state index in [0.29, 0.717) is 47.7 Å². The summed E-state index contributed by atoms with van der Waals surface area (Å²) in [5.74, 6) is -2.36. The Balaban J connectivity index is 1.49. The van der Waals surface area contributed by atoms with Crippen LogP contribution < -0.4 is 4.90 Å². The average Bonchev–Trinajstić information content (AvgIpc) is 3.34. The fraction of sp³-hybridized carbons (Fsp3) is 0.379. The number of halogens is 3. The van der Waals surface area contributed by atoms with Crippen molar-refractivity contribution in [3.8, 4) is 0 Å². The largest absolute Gasteiger partial charge is 0.395 e. The number of hydrogen-bond acceptors (Lipinski definition) is 5. The summed E-state index contributed by atoms with van der Waals surface area (Å²) in [6.07, 6.45) is 5.87. The van der Waals surface area contributed by atoms with Gasteiger partial charge in [0.15, 0.2) is 9.84 Å². The monoisotopic (exact) mass is 573 g/mol. The van der Waals surface area contributed by atoms with Crippen molar-refractivity contribution in [2.24, 2.45) is 17.8 Å². The highest BCUT2D eigenvalue weighted by Gasteiger charge is 2.41. The predicted molar refractivity (Wildman–Crippen MR) is 146 cm³/mol. The Morgan fingerprint density at radius 1 is 1.15 bits per heavy atom. The number of anilines is 1. The molecule has 2 unspecified atom stereocenters. The maximum absolute atomic E-state index is 14.0. The molecule has 0 bridgehead atoms. The summed E-state index contributed by atoms with van der Waals surface area (Å²) in [6.45, 7) is 3.19. The number of amides is 1. The number of alkyl halides is 3. The molecule has 3 heterocycles. The van der Waals surface area contributed by atoms with Gasteiger partial charge in [-0.15, -0.1) is 0 Å². The molecule has 2 atom stereocenters. The number of carbonyl (C=O) groups is 1. The van der Waals surface area contributed by atoms with E-state index in [2.05, 4.69) is 5.10 Å². The molecular formula is C29H30F3N3O4S. The van der Waals surface area contributed by atoms with Gasteiger partial charge in [-0.05, 0) is 66.6 Å². The van der Waals surface area contributed by atoms with Gasteiger partial charge in [-0.3, -0.25) is 4.79 Å². The van der Waals surface area contributed by atoms with E-state index < -0.39 is 27.8 Å². The molecular weight excluding hydrogens is 543 g/mol. The highest BCUT2D eigenvalue weighted by atomic mass is 32.2. The number of nitrogens with zero attached hydrogens (tertiary/aromatic N) is 3. The maximum atomic E-state index is 14.0. The van der Waals surface area contributed by atoms with Crippen molar-refractivity contribution in [1.82, 2.24) is 9.61 Å². The van der Waals surface area contributed by atoms with Gasteiger partial charge in [0.2, 0.25) is 0 Å². The highest BCUT2D eigenvalue weighted by molar-refractivity contribution is 7.90. The van der Waals surface area contributed by atoms with E-state index in [1.807, 2.05) is 0 Å². The number of fused-ring (bicyclic) bond motifs is 1. The zero-order valence-electron chi connectivity index (χ0n) is 22.1. The number of aromatic nitrogens is 2. The minimum atomic E-state index is -4.33. The molecule has 2 aliphatic rings. The number of carbonyl (C=O) groups excluding carboxylic acids is 1. The average molecular weight is 574 g/mol. The summed E-state index contributed by atoms with van der Waals surface area (Å²) in [4.78, 5) is 15.8. The molecule has 212 valence electrons. The van der Waals surface area contributed by atoms with Crippen LogP contribution in [-0.2, 0) is 14.6 Å². The number of sulfone groups is 1. The van der Waals surface area contributed by atoms with Crippen LogP contribution in [0.2, 0.25) is 0 Å². The van der Waals surface area contributed by atoms with Gasteiger partial charge in [0.1, 0.15) is 0 Å². The molecule has 0 N–H and O–H groups in total. The van der Waals surface area contributed by atoms with Gasteiger partial charge in [0.25, 0.3) is 5.91 Å². The van der Waals surface area contributed by atoms with Gasteiger partial charge in [-0.1, -0.05) is 25.2 Å². The van der Waals surface area contributed by atoms with Gasteiger partial charge in [-0.2, -0.15) is 18.3 Å². The minimum Gasteiger partial charge on any atom is -0.381 e. The van der Waals surface area contributed by atoms with Crippen molar-refractivity contribution in [3.05, 3.63) is 78.1 Å². The number of ether oxygens (including phenoxy) is 1. The van der Waals surface area contributed by atoms with Gasteiger partial charge in [0, 0.05) is 49.0 Å². The zero-order valence-corrected chi connectivity index (χ0v) is 23.0. The molecule has 7 nitrogen and oxygen atoms in total. The van der Waals surface area contributed by atoms with E-state index in [9.17, 15) is 26.4 Å².